The zero-order valence-electron chi connectivity index (χ0n) is 12.1. The van der Waals surface area contributed by atoms with Crippen molar-refractivity contribution in [2.75, 3.05) is 11.9 Å². The van der Waals surface area contributed by atoms with E-state index in [9.17, 15) is 4.79 Å². The predicted molar refractivity (Wildman–Crippen MR) is 88.1 cm³/mol. The first kappa shape index (κ1) is 15.8. The van der Waals surface area contributed by atoms with Gasteiger partial charge in [0.15, 0.2) is 0 Å². The maximum Gasteiger partial charge on any atom is 0.254 e. The minimum Gasteiger partial charge on any atom is -0.352 e. The van der Waals surface area contributed by atoms with Crippen LogP contribution >= 0.6 is 15.9 Å². The van der Waals surface area contributed by atoms with Gasteiger partial charge in [0, 0.05) is 18.1 Å². The molecule has 0 aliphatic heterocycles. The highest BCUT2D eigenvalue weighted by atomic mass is 79.9. The van der Waals surface area contributed by atoms with Gasteiger partial charge in [-0.1, -0.05) is 47.5 Å². The van der Waals surface area contributed by atoms with Crippen LogP contribution in [0.2, 0.25) is 0 Å². The van der Waals surface area contributed by atoms with Crippen molar-refractivity contribution in [2.45, 2.75) is 19.8 Å². The number of carbonyl (C=O) groups excluding carboxylic acids is 1. The minimum absolute atomic E-state index is 0.0646. The second-order valence-corrected chi connectivity index (χ2v) is 5.76. The molecule has 1 heterocycles. The average Bonchev–Trinajstić information content (AvgIpc) is 3.02. The van der Waals surface area contributed by atoms with E-state index in [0.29, 0.717) is 18.0 Å². The van der Waals surface area contributed by atoms with Gasteiger partial charge in [-0.3, -0.25) is 4.79 Å². The van der Waals surface area contributed by atoms with E-state index < -0.39 is 0 Å². The lowest BCUT2D eigenvalue weighted by atomic mass is 10.0. The van der Waals surface area contributed by atoms with E-state index in [1.165, 1.54) is 0 Å². The minimum atomic E-state index is -0.0646. The number of para-hydroxylation sites is 1. The van der Waals surface area contributed by atoms with Crippen LogP contribution < -0.4 is 5.32 Å². The Labute approximate surface area is 133 Å². The molecule has 0 aliphatic rings. The Hall–Kier alpha value is -1.62. The van der Waals surface area contributed by atoms with Crippen molar-refractivity contribution in [1.82, 2.24) is 15.1 Å². The van der Waals surface area contributed by atoms with Gasteiger partial charge in [0.05, 0.1) is 17.4 Å². The molecule has 1 N–H and O–H groups in total. The summed E-state index contributed by atoms with van der Waals surface area (Å²) in [6.07, 6.45) is 5.50. The van der Waals surface area contributed by atoms with Gasteiger partial charge in [-0.15, -0.1) is 0 Å². The van der Waals surface area contributed by atoms with Crippen LogP contribution in [-0.2, 0) is 0 Å². The fourth-order valence-electron chi connectivity index (χ4n) is 2.11. The van der Waals surface area contributed by atoms with E-state index in [1.54, 1.807) is 17.1 Å². The highest BCUT2D eigenvalue weighted by Crippen LogP contribution is 2.10. The van der Waals surface area contributed by atoms with Gasteiger partial charge in [0.1, 0.15) is 0 Å². The highest BCUT2D eigenvalue weighted by Gasteiger charge is 2.12. The Kier molecular flexibility index (Phi) is 5.99. The smallest absolute Gasteiger partial charge is 0.254 e. The van der Waals surface area contributed by atoms with Gasteiger partial charge >= 0.3 is 0 Å². The Balaban J connectivity index is 1.96. The maximum absolute atomic E-state index is 12.1. The van der Waals surface area contributed by atoms with E-state index >= 15 is 0 Å². The number of hydrogen-bond donors (Lipinski definition) is 1. The van der Waals surface area contributed by atoms with Gasteiger partial charge < -0.3 is 5.32 Å². The van der Waals surface area contributed by atoms with Crippen molar-refractivity contribution >= 4 is 21.8 Å². The lowest BCUT2D eigenvalue weighted by molar-refractivity contribution is 0.0946. The quantitative estimate of drug-likeness (QED) is 0.778. The summed E-state index contributed by atoms with van der Waals surface area (Å²) in [6, 6.07) is 9.76. The molecule has 0 fully saturated rings. The maximum atomic E-state index is 12.1. The van der Waals surface area contributed by atoms with E-state index in [1.807, 2.05) is 30.3 Å². The number of carbonyl (C=O) groups is 1. The van der Waals surface area contributed by atoms with Crippen molar-refractivity contribution in [3.05, 3.63) is 48.3 Å². The first-order valence-electron chi connectivity index (χ1n) is 7.18. The lowest BCUT2D eigenvalue weighted by Gasteiger charge is -2.13. The highest BCUT2D eigenvalue weighted by molar-refractivity contribution is 9.09. The zero-order valence-corrected chi connectivity index (χ0v) is 13.7. The van der Waals surface area contributed by atoms with Crippen molar-refractivity contribution in [1.29, 1.82) is 0 Å². The molecule has 0 spiro atoms. The molecule has 5 heteroatoms. The fourth-order valence-corrected chi connectivity index (χ4v) is 2.75. The molecule has 0 radical (unpaired) electrons. The third kappa shape index (κ3) is 4.43. The predicted octanol–water partition coefficient (Wildman–Crippen LogP) is 3.41. The number of halogens is 1. The van der Waals surface area contributed by atoms with Gasteiger partial charge in [-0.05, 0) is 24.5 Å². The summed E-state index contributed by atoms with van der Waals surface area (Å²) < 4.78 is 1.71. The van der Waals surface area contributed by atoms with Crippen LogP contribution in [0.3, 0.4) is 0 Å². The molecule has 1 amide bonds. The Morgan fingerprint density at radius 3 is 2.81 bits per heavy atom. The van der Waals surface area contributed by atoms with E-state index in [0.717, 1.165) is 23.9 Å². The second kappa shape index (κ2) is 7.98. The van der Waals surface area contributed by atoms with Crippen LogP contribution in [0.5, 0.6) is 0 Å². The Morgan fingerprint density at radius 1 is 1.38 bits per heavy atom. The van der Waals surface area contributed by atoms with Gasteiger partial charge in [0.25, 0.3) is 5.91 Å². The van der Waals surface area contributed by atoms with Gasteiger partial charge in [0.2, 0.25) is 0 Å². The summed E-state index contributed by atoms with van der Waals surface area (Å²) >= 11 is 3.45. The first-order valence-corrected chi connectivity index (χ1v) is 8.31. The van der Waals surface area contributed by atoms with E-state index in [-0.39, 0.29) is 5.91 Å². The molecule has 0 bridgehead atoms. The molecule has 0 saturated carbocycles. The number of hydrogen-bond acceptors (Lipinski definition) is 2. The lowest BCUT2D eigenvalue weighted by Crippen LogP contribution is -2.29. The van der Waals surface area contributed by atoms with Crippen LogP contribution in [0.15, 0.2) is 42.7 Å². The van der Waals surface area contributed by atoms with Gasteiger partial charge in [-0.2, -0.15) is 5.10 Å². The molecule has 1 unspecified atom stereocenters. The van der Waals surface area contributed by atoms with Crippen LogP contribution in [-0.4, -0.2) is 27.6 Å². The summed E-state index contributed by atoms with van der Waals surface area (Å²) in [5.74, 6) is 0.447. The number of rotatable bonds is 7. The molecule has 2 aromatic rings. The molecule has 0 saturated heterocycles. The summed E-state index contributed by atoms with van der Waals surface area (Å²) in [7, 11) is 0. The van der Waals surface area contributed by atoms with Crippen molar-refractivity contribution in [2.24, 2.45) is 5.92 Å². The molecule has 21 heavy (non-hydrogen) atoms. The van der Waals surface area contributed by atoms with Crippen LogP contribution in [0.1, 0.15) is 30.1 Å². The van der Waals surface area contributed by atoms with Crippen LogP contribution in [0.25, 0.3) is 5.69 Å². The average molecular weight is 350 g/mol. The molecule has 0 aliphatic carbocycles. The Morgan fingerprint density at radius 2 is 2.14 bits per heavy atom. The molecular formula is C16H20BrN3O. The largest absolute Gasteiger partial charge is 0.352 e. The monoisotopic (exact) mass is 349 g/mol. The zero-order chi connectivity index (χ0) is 15.1. The third-order valence-corrected chi connectivity index (χ3v) is 3.97. The fraction of sp³-hybridized carbons (Fsp3) is 0.375. The van der Waals surface area contributed by atoms with Crippen molar-refractivity contribution < 1.29 is 4.79 Å². The normalized spacial score (nSPS) is 12.1. The molecule has 1 aromatic carbocycles. The number of alkyl halides is 1. The van der Waals surface area contributed by atoms with Crippen molar-refractivity contribution in [3.63, 3.8) is 0 Å². The molecular weight excluding hydrogens is 330 g/mol. The van der Waals surface area contributed by atoms with Crippen LogP contribution in [0.4, 0.5) is 0 Å². The standard InChI is InChI=1S/C16H20BrN3O/c1-2-13(8-9-17)10-18-16(21)14-11-19-20(12-14)15-6-4-3-5-7-15/h3-7,11-13H,2,8-10H2,1H3,(H,18,21). The number of amides is 1. The van der Waals surface area contributed by atoms with Crippen LogP contribution in [0, 0.1) is 5.92 Å². The Bertz CT molecular complexity index is 568. The molecule has 1 aromatic heterocycles. The number of aromatic nitrogens is 2. The molecule has 1 atom stereocenters. The summed E-state index contributed by atoms with van der Waals surface area (Å²) in [5, 5.41) is 8.19. The SMILES string of the molecule is CCC(CCBr)CNC(=O)c1cnn(-c2ccccc2)c1. The molecule has 112 valence electrons. The summed E-state index contributed by atoms with van der Waals surface area (Å²) in [6.45, 7) is 2.85. The van der Waals surface area contributed by atoms with E-state index in [2.05, 4.69) is 33.3 Å². The topological polar surface area (TPSA) is 46.9 Å². The number of nitrogens with zero attached hydrogens (tertiary/aromatic N) is 2. The summed E-state index contributed by atoms with van der Waals surface area (Å²) in [5.41, 5.74) is 1.54. The van der Waals surface area contributed by atoms with E-state index in [4.69, 9.17) is 0 Å². The number of benzene rings is 1. The molecule has 2 rings (SSSR count). The van der Waals surface area contributed by atoms with Crippen molar-refractivity contribution in [3.8, 4) is 5.69 Å². The summed E-state index contributed by atoms with van der Waals surface area (Å²) in [4.78, 5) is 12.1. The molecule has 4 nitrogen and oxygen atoms in total. The number of nitrogens with one attached hydrogen (secondary N) is 1. The third-order valence-electron chi connectivity index (χ3n) is 3.51. The first-order chi connectivity index (χ1) is 10.2. The second-order valence-electron chi connectivity index (χ2n) is 4.97. The van der Waals surface area contributed by atoms with Gasteiger partial charge in [-0.25, -0.2) is 4.68 Å².